The average molecular weight is 193 g/mol. The van der Waals surface area contributed by atoms with Gasteiger partial charge in [-0.05, 0) is 18.6 Å². The van der Waals surface area contributed by atoms with Crippen molar-refractivity contribution in [2.75, 3.05) is 11.6 Å². The minimum Gasteiger partial charge on any atom is -0.399 e. The predicted molar refractivity (Wildman–Crippen MR) is 57.2 cm³/mol. The van der Waals surface area contributed by atoms with E-state index in [4.69, 9.17) is 16.7 Å². The Kier molecular flexibility index (Phi) is 3.50. The van der Waals surface area contributed by atoms with E-state index in [1.165, 1.54) is 11.2 Å². The number of aliphatic hydroxyl groups excluding tert-OH is 1. The molecule has 4 nitrogen and oxygen atoms in total. The van der Waals surface area contributed by atoms with E-state index in [9.17, 15) is 0 Å². The molecule has 0 saturated carbocycles. The molecule has 0 heterocycles. The van der Waals surface area contributed by atoms with E-state index >= 15 is 0 Å². The highest BCUT2D eigenvalue weighted by molar-refractivity contribution is 5.53. The molecule has 14 heavy (non-hydrogen) atoms. The maximum Gasteiger partial charge on any atom is 0.0840 e. The fraction of sp³-hybridized carbons (Fsp3) is 0.200. The Morgan fingerprint density at radius 2 is 2.14 bits per heavy atom. The minimum atomic E-state index is -0.195. The van der Waals surface area contributed by atoms with E-state index in [0.29, 0.717) is 5.70 Å². The van der Waals surface area contributed by atoms with Crippen molar-refractivity contribution in [2.24, 2.45) is 11.6 Å². The van der Waals surface area contributed by atoms with Crippen molar-refractivity contribution in [2.45, 2.75) is 6.92 Å². The van der Waals surface area contributed by atoms with Crippen molar-refractivity contribution in [3.8, 4) is 0 Å². The number of hydrogen-bond acceptors (Lipinski definition) is 4. The van der Waals surface area contributed by atoms with Crippen LogP contribution >= 0.6 is 0 Å². The normalized spacial score (nSPS) is 11.5. The molecule has 0 fully saturated rings. The zero-order chi connectivity index (χ0) is 10.6. The van der Waals surface area contributed by atoms with Crippen LogP contribution in [0.5, 0.6) is 0 Å². The first-order chi connectivity index (χ1) is 6.65. The molecule has 0 unspecified atom stereocenters. The maximum atomic E-state index is 8.72. The summed E-state index contributed by atoms with van der Waals surface area (Å²) in [6.45, 7) is 1.76. The third kappa shape index (κ3) is 2.48. The highest BCUT2D eigenvalue weighted by atomic mass is 16.3. The van der Waals surface area contributed by atoms with Crippen molar-refractivity contribution < 1.29 is 5.11 Å². The molecule has 0 amide bonds. The van der Waals surface area contributed by atoms with Crippen LogP contribution in [0.3, 0.4) is 0 Å². The number of hydrazine groups is 1. The summed E-state index contributed by atoms with van der Waals surface area (Å²) in [6, 6.07) is 7.67. The highest BCUT2D eigenvalue weighted by Gasteiger charge is 2.01. The van der Waals surface area contributed by atoms with Gasteiger partial charge in [-0.2, -0.15) is 0 Å². The largest absolute Gasteiger partial charge is 0.399 e. The Morgan fingerprint density at radius 3 is 2.71 bits per heavy atom. The number of nitrogens with zero attached hydrogens (tertiary/aromatic N) is 1. The average Bonchev–Trinajstić information content (AvgIpc) is 2.18. The fourth-order valence-electron chi connectivity index (χ4n) is 1.14. The lowest BCUT2D eigenvalue weighted by atomic mass is 10.2. The van der Waals surface area contributed by atoms with Crippen LogP contribution in [0.25, 0.3) is 0 Å². The van der Waals surface area contributed by atoms with Crippen LogP contribution in [0.15, 0.2) is 36.2 Å². The van der Waals surface area contributed by atoms with Gasteiger partial charge in [-0.25, -0.2) is 5.84 Å². The van der Waals surface area contributed by atoms with E-state index < -0.39 is 0 Å². The summed E-state index contributed by atoms with van der Waals surface area (Å²) in [7, 11) is 0. The Morgan fingerprint density at radius 1 is 1.50 bits per heavy atom. The van der Waals surface area contributed by atoms with Crippen molar-refractivity contribution in [3.05, 3.63) is 41.7 Å². The summed E-state index contributed by atoms with van der Waals surface area (Å²) in [5.41, 5.74) is 7.70. The Hall–Kier alpha value is -1.52. The summed E-state index contributed by atoms with van der Waals surface area (Å²) in [6.07, 6.45) is 1.50. The molecule has 0 spiro atoms. The van der Waals surface area contributed by atoms with Gasteiger partial charge < -0.3 is 10.8 Å². The number of nitrogens with two attached hydrogens (primary N) is 2. The van der Waals surface area contributed by atoms with Crippen LogP contribution in [0.2, 0.25) is 0 Å². The molecule has 5 N–H and O–H groups in total. The molecule has 0 aromatic heterocycles. The second-order valence-electron chi connectivity index (χ2n) is 3.06. The van der Waals surface area contributed by atoms with E-state index in [2.05, 4.69) is 0 Å². The van der Waals surface area contributed by atoms with E-state index in [1.54, 1.807) is 0 Å². The second-order valence-corrected chi connectivity index (χ2v) is 3.06. The number of anilines is 1. The zero-order valence-electron chi connectivity index (χ0n) is 8.14. The minimum absolute atomic E-state index is 0.195. The molecule has 0 atom stereocenters. The molecule has 76 valence electrons. The molecule has 0 aliphatic carbocycles. The standard InChI is InChI=1S/C10H15N3O/c1-8-4-2-3-5-10(8)13(12)6-9(11)7-14/h2-6,14H,7,11-12H2,1H3/b9-6-. The van der Waals surface area contributed by atoms with E-state index in [0.717, 1.165) is 11.3 Å². The van der Waals surface area contributed by atoms with Gasteiger partial charge in [0.25, 0.3) is 0 Å². The number of hydrogen-bond donors (Lipinski definition) is 3. The van der Waals surface area contributed by atoms with Crippen molar-refractivity contribution in [3.63, 3.8) is 0 Å². The number of rotatable bonds is 3. The van der Waals surface area contributed by atoms with E-state index in [1.807, 2.05) is 31.2 Å². The molecular formula is C10H15N3O. The van der Waals surface area contributed by atoms with Gasteiger partial charge in [-0.1, -0.05) is 18.2 Å². The first kappa shape index (κ1) is 10.6. The summed E-state index contributed by atoms with van der Waals surface area (Å²) in [4.78, 5) is 0. The van der Waals surface area contributed by atoms with Crippen LogP contribution in [-0.2, 0) is 0 Å². The molecule has 4 heteroatoms. The first-order valence-corrected chi connectivity index (χ1v) is 4.31. The molecule has 0 bridgehead atoms. The Labute approximate surface area is 83.4 Å². The molecule has 1 aromatic carbocycles. The quantitative estimate of drug-likeness (QED) is 0.482. The van der Waals surface area contributed by atoms with Crippen LogP contribution in [0, 0.1) is 6.92 Å². The third-order valence-electron chi connectivity index (χ3n) is 1.88. The molecule has 0 aliphatic heterocycles. The van der Waals surface area contributed by atoms with Crippen molar-refractivity contribution >= 4 is 5.69 Å². The maximum absolute atomic E-state index is 8.72. The van der Waals surface area contributed by atoms with E-state index in [-0.39, 0.29) is 6.61 Å². The number of aryl methyl sites for hydroxylation is 1. The zero-order valence-corrected chi connectivity index (χ0v) is 8.14. The van der Waals surface area contributed by atoms with Gasteiger partial charge in [0.2, 0.25) is 0 Å². The molecular weight excluding hydrogens is 178 g/mol. The van der Waals surface area contributed by atoms with Crippen molar-refractivity contribution in [1.29, 1.82) is 0 Å². The van der Waals surface area contributed by atoms with Gasteiger partial charge in [-0.15, -0.1) is 0 Å². The smallest absolute Gasteiger partial charge is 0.0840 e. The predicted octanol–water partition coefficient (Wildman–Crippen LogP) is 0.468. The summed E-state index contributed by atoms with van der Waals surface area (Å²) in [5.74, 6) is 5.74. The van der Waals surface area contributed by atoms with Crippen LogP contribution < -0.4 is 16.6 Å². The van der Waals surface area contributed by atoms with Gasteiger partial charge >= 0.3 is 0 Å². The molecule has 1 aromatic rings. The fourth-order valence-corrected chi connectivity index (χ4v) is 1.14. The Bertz CT molecular complexity index is 336. The van der Waals surface area contributed by atoms with Gasteiger partial charge in [0.15, 0.2) is 0 Å². The lowest BCUT2D eigenvalue weighted by molar-refractivity contribution is 0.329. The second kappa shape index (κ2) is 4.64. The molecule has 0 radical (unpaired) electrons. The molecule has 1 rings (SSSR count). The van der Waals surface area contributed by atoms with Gasteiger partial charge in [0.05, 0.1) is 18.0 Å². The van der Waals surface area contributed by atoms with Crippen LogP contribution in [-0.4, -0.2) is 11.7 Å². The highest BCUT2D eigenvalue weighted by Crippen LogP contribution is 2.16. The molecule has 0 aliphatic rings. The van der Waals surface area contributed by atoms with Gasteiger partial charge in [0.1, 0.15) is 0 Å². The van der Waals surface area contributed by atoms with Gasteiger partial charge in [0, 0.05) is 6.20 Å². The van der Waals surface area contributed by atoms with Crippen LogP contribution in [0.4, 0.5) is 5.69 Å². The summed E-state index contributed by atoms with van der Waals surface area (Å²) < 4.78 is 0. The summed E-state index contributed by atoms with van der Waals surface area (Å²) >= 11 is 0. The Balaban J connectivity index is 2.90. The number of para-hydroxylation sites is 1. The summed E-state index contributed by atoms with van der Waals surface area (Å²) in [5, 5.41) is 10.1. The molecule has 0 saturated heterocycles. The SMILES string of the molecule is Cc1ccccc1N(N)/C=C(\N)CO. The van der Waals surface area contributed by atoms with Gasteiger partial charge in [-0.3, -0.25) is 5.01 Å². The lowest BCUT2D eigenvalue weighted by Gasteiger charge is -2.16. The lowest BCUT2D eigenvalue weighted by Crippen LogP contribution is -2.27. The number of benzene rings is 1. The first-order valence-electron chi connectivity index (χ1n) is 4.31. The number of aliphatic hydroxyl groups is 1. The monoisotopic (exact) mass is 193 g/mol. The van der Waals surface area contributed by atoms with Crippen LogP contribution in [0.1, 0.15) is 5.56 Å². The third-order valence-corrected chi connectivity index (χ3v) is 1.88. The topological polar surface area (TPSA) is 75.5 Å². The van der Waals surface area contributed by atoms with Crippen molar-refractivity contribution in [1.82, 2.24) is 0 Å².